The molecule has 0 aliphatic carbocycles. The molecular formula is C25H26ClNO4. The van der Waals surface area contributed by atoms with Gasteiger partial charge in [-0.25, -0.2) is 4.79 Å². The highest BCUT2D eigenvalue weighted by Gasteiger charge is 2.12. The zero-order valence-corrected chi connectivity index (χ0v) is 18.4. The molecule has 31 heavy (non-hydrogen) atoms. The highest BCUT2D eigenvalue weighted by molar-refractivity contribution is 6.31. The van der Waals surface area contributed by atoms with Crippen LogP contribution in [0.1, 0.15) is 39.5 Å². The van der Waals surface area contributed by atoms with Crippen LogP contribution in [-0.2, 0) is 19.7 Å². The number of hydrogen-bond acceptors (Lipinski definition) is 4. The Kier molecular flexibility index (Phi) is 7.93. The molecule has 3 aromatic carbocycles. The number of aryl methyl sites for hydroxylation is 1. The molecule has 0 saturated carbocycles. The standard InChI is InChI=1S/C25H26ClNO4/c1-3-30-23-12-21(15-27-14-18-8-10-19(11-9-18)25(28)29)22(26)13-24(23)31-16-20-7-5-4-6-17(20)2/h4-13,27H,3,14-16H2,1-2H3,(H,28,29). The van der Waals surface area contributed by atoms with E-state index in [4.69, 9.17) is 26.2 Å². The van der Waals surface area contributed by atoms with E-state index in [0.29, 0.717) is 42.8 Å². The molecule has 6 heteroatoms. The Morgan fingerprint density at radius 2 is 1.68 bits per heavy atom. The maximum Gasteiger partial charge on any atom is 0.335 e. The number of carbonyl (C=O) groups is 1. The maximum absolute atomic E-state index is 11.0. The van der Waals surface area contributed by atoms with E-state index in [0.717, 1.165) is 16.7 Å². The SMILES string of the molecule is CCOc1cc(CNCc2ccc(C(=O)O)cc2)c(Cl)cc1OCc1ccccc1C. The predicted molar refractivity (Wildman–Crippen MR) is 122 cm³/mol. The predicted octanol–water partition coefficient (Wildman–Crippen LogP) is 5.61. The molecule has 0 saturated heterocycles. The minimum atomic E-state index is -0.931. The van der Waals surface area contributed by atoms with Gasteiger partial charge in [0.15, 0.2) is 11.5 Å². The monoisotopic (exact) mass is 439 g/mol. The lowest BCUT2D eigenvalue weighted by Gasteiger charge is -2.16. The first-order valence-corrected chi connectivity index (χ1v) is 10.5. The fourth-order valence-electron chi connectivity index (χ4n) is 3.13. The van der Waals surface area contributed by atoms with E-state index < -0.39 is 5.97 Å². The number of ether oxygens (including phenoxy) is 2. The summed E-state index contributed by atoms with van der Waals surface area (Å²) in [5, 5.41) is 12.9. The van der Waals surface area contributed by atoms with Crippen LogP contribution < -0.4 is 14.8 Å². The van der Waals surface area contributed by atoms with E-state index in [1.165, 1.54) is 5.56 Å². The minimum Gasteiger partial charge on any atom is -0.490 e. The van der Waals surface area contributed by atoms with Gasteiger partial charge in [0, 0.05) is 24.2 Å². The van der Waals surface area contributed by atoms with Gasteiger partial charge in [-0.2, -0.15) is 0 Å². The number of carboxylic acids is 1. The van der Waals surface area contributed by atoms with E-state index in [-0.39, 0.29) is 5.56 Å². The minimum absolute atomic E-state index is 0.273. The number of nitrogens with one attached hydrogen (secondary N) is 1. The number of aromatic carboxylic acids is 1. The van der Waals surface area contributed by atoms with Gasteiger partial charge in [-0.05, 0) is 54.3 Å². The number of benzene rings is 3. The first-order chi connectivity index (χ1) is 15.0. The first-order valence-electron chi connectivity index (χ1n) is 10.1. The number of rotatable bonds is 10. The van der Waals surface area contributed by atoms with E-state index in [1.807, 2.05) is 31.2 Å². The molecule has 162 valence electrons. The van der Waals surface area contributed by atoms with Crippen LogP contribution >= 0.6 is 11.6 Å². The van der Waals surface area contributed by atoms with Crippen molar-refractivity contribution < 1.29 is 19.4 Å². The van der Waals surface area contributed by atoms with Gasteiger partial charge in [-0.15, -0.1) is 0 Å². The van der Waals surface area contributed by atoms with Crippen LogP contribution in [0, 0.1) is 6.92 Å². The van der Waals surface area contributed by atoms with Crippen molar-refractivity contribution in [2.24, 2.45) is 0 Å². The van der Waals surface area contributed by atoms with E-state index in [9.17, 15) is 4.79 Å². The normalized spacial score (nSPS) is 10.7. The average molecular weight is 440 g/mol. The van der Waals surface area contributed by atoms with Gasteiger partial charge in [0.25, 0.3) is 0 Å². The van der Waals surface area contributed by atoms with Gasteiger partial charge in [0.1, 0.15) is 6.61 Å². The third-order valence-corrected chi connectivity index (χ3v) is 5.25. The van der Waals surface area contributed by atoms with E-state index >= 15 is 0 Å². The summed E-state index contributed by atoms with van der Waals surface area (Å²) in [6.45, 7) is 6.07. The number of carboxylic acid groups (broad SMARTS) is 1. The molecule has 0 aliphatic heterocycles. The van der Waals surface area contributed by atoms with Crippen LogP contribution in [0.25, 0.3) is 0 Å². The number of hydrogen-bond donors (Lipinski definition) is 2. The smallest absolute Gasteiger partial charge is 0.335 e. The van der Waals surface area contributed by atoms with Gasteiger partial charge >= 0.3 is 5.97 Å². The Hall–Kier alpha value is -3.02. The summed E-state index contributed by atoms with van der Waals surface area (Å²) >= 11 is 6.51. The highest BCUT2D eigenvalue weighted by Crippen LogP contribution is 2.34. The van der Waals surface area contributed by atoms with Crippen molar-refractivity contribution in [1.82, 2.24) is 5.32 Å². The molecule has 3 rings (SSSR count). The summed E-state index contributed by atoms with van der Waals surface area (Å²) < 4.78 is 11.8. The van der Waals surface area contributed by atoms with Crippen LogP contribution in [0.2, 0.25) is 5.02 Å². The molecule has 0 bridgehead atoms. The van der Waals surface area contributed by atoms with Crippen molar-refractivity contribution in [3.8, 4) is 11.5 Å². The molecule has 0 fully saturated rings. The third-order valence-electron chi connectivity index (χ3n) is 4.90. The molecule has 0 amide bonds. The van der Waals surface area contributed by atoms with Crippen LogP contribution in [0.15, 0.2) is 60.7 Å². The van der Waals surface area contributed by atoms with Crippen LogP contribution in [0.4, 0.5) is 0 Å². The van der Waals surface area contributed by atoms with Crippen molar-refractivity contribution in [3.63, 3.8) is 0 Å². The second-order valence-corrected chi connectivity index (χ2v) is 7.55. The zero-order valence-electron chi connectivity index (χ0n) is 17.7. The van der Waals surface area contributed by atoms with Crippen molar-refractivity contribution >= 4 is 17.6 Å². The molecule has 0 heterocycles. The van der Waals surface area contributed by atoms with Crippen LogP contribution in [-0.4, -0.2) is 17.7 Å². The Morgan fingerprint density at radius 1 is 0.968 bits per heavy atom. The Labute approximate surface area is 187 Å². The molecule has 0 aromatic heterocycles. The summed E-state index contributed by atoms with van der Waals surface area (Å²) in [5.74, 6) is 0.339. The summed E-state index contributed by atoms with van der Waals surface area (Å²) in [5.41, 5.74) is 4.44. The summed E-state index contributed by atoms with van der Waals surface area (Å²) in [4.78, 5) is 11.0. The Morgan fingerprint density at radius 3 is 2.35 bits per heavy atom. The fraction of sp³-hybridized carbons (Fsp3) is 0.240. The van der Waals surface area contributed by atoms with Crippen LogP contribution in [0.3, 0.4) is 0 Å². The second-order valence-electron chi connectivity index (χ2n) is 7.14. The molecule has 0 radical (unpaired) electrons. The molecule has 0 unspecified atom stereocenters. The van der Waals surface area contributed by atoms with Crippen molar-refractivity contribution in [1.29, 1.82) is 0 Å². The van der Waals surface area contributed by atoms with Crippen molar-refractivity contribution in [2.75, 3.05) is 6.61 Å². The van der Waals surface area contributed by atoms with Gasteiger partial charge < -0.3 is 19.9 Å². The Balaban J connectivity index is 1.66. The molecule has 5 nitrogen and oxygen atoms in total. The lowest BCUT2D eigenvalue weighted by atomic mass is 10.1. The number of halogens is 1. The van der Waals surface area contributed by atoms with Crippen molar-refractivity contribution in [3.05, 3.63) is 93.5 Å². The topological polar surface area (TPSA) is 67.8 Å². The average Bonchev–Trinajstić information content (AvgIpc) is 2.76. The molecule has 0 aliphatic rings. The molecule has 0 atom stereocenters. The molecule has 2 N–H and O–H groups in total. The van der Waals surface area contributed by atoms with E-state index in [2.05, 4.69) is 18.3 Å². The lowest BCUT2D eigenvalue weighted by molar-refractivity contribution is 0.0697. The van der Waals surface area contributed by atoms with Crippen molar-refractivity contribution in [2.45, 2.75) is 33.5 Å². The van der Waals surface area contributed by atoms with Gasteiger partial charge in [-0.1, -0.05) is 48.0 Å². The zero-order chi connectivity index (χ0) is 22.2. The molecule has 0 spiro atoms. The summed E-state index contributed by atoms with van der Waals surface area (Å²) in [7, 11) is 0. The fourth-order valence-corrected chi connectivity index (χ4v) is 3.35. The second kappa shape index (κ2) is 10.8. The molecule has 3 aromatic rings. The van der Waals surface area contributed by atoms with Crippen LogP contribution in [0.5, 0.6) is 11.5 Å². The summed E-state index contributed by atoms with van der Waals surface area (Å²) in [6, 6.07) is 18.6. The Bertz CT molecular complexity index is 1030. The third kappa shape index (κ3) is 6.23. The largest absolute Gasteiger partial charge is 0.490 e. The molecular weight excluding hydrogens is 414 g/mol. The van der Waals surface area contributed by atoms with Gasteiger partial charge in [-0.3, -0.25) is 0 Å². The quantitative estimate of drug-likeness (QED) is 0.429. The highest BCUT2D eigenvalue weighted by atomic mass is 35.5. The van der Waals surface area contributed by atoms with E-state index in [1.54, 1.807) is 30.3 Å². The van der Waals surface area contributed by atoms with Gasteiger partial charge in [0.05, 0.1) is 12.2 Å². The lowest BCUT2D eigenvalue weighted by Crippen LogP contribution is -2.13. The van der Waals surface area contributed by atoms with Gasteiger partial charge in [0.2, 0.25) is 0 Å². The maximum atomic E-state index is 11.0. The summed E-state index contributed by atoms with van der Waals surface area (Å²) in [6.07, 6.45) is 0. The first kappa shape index (κ1) is 22.7.